The fraction of sp³-hybridized carbons (Fsp3) is 0.350. The number of nitrogens with zero attached hydrogens (tertiary/aromatic N) is 1. The molecule has 1 amide bonds. The molecule has 0 radical (unpaired) electrons. The molecule has 126 valence electrons. The van der Waals surface area contributed by atoms with E-state index in [4.69, 9.17) is 11.6 Å². The Labute approximate surface area is 148 Å². The van der Waals surface area contributed by atoms with E-state index < -0.39 is 0 Å². The molecule has 2 unspecified atom stereocenters. The molecular formula is C20H23ClN2O. The van der Waals surface area contributed by atoms with Gasteiger partial charge in [0.15, 0.2) is 0 Å². The van der Waals surface area contributed by atoms with Crippen LogP contribution in [0.5, 0.6) is 0 Å². The van der Waals surface area contributed by atoms with Gasteiger partial charge < -0.3 is 10.2 Å². The molecule has 1 fully saturated rings. The van der Waals surface area contributed by atoms with Crippen molar-refractivity contribution in [1.29, 1.82) is 0 Å². The second-order valence-corrected chi connectivity index (χ2v) is 7.35. The molecule has 0 bridgehead atoms. The number of carbonyl (C=O) groups excluding carboxylic acids is 1. The Kier molecular flexibility index (Phi) is 4.93. The van der Waals surface area contributed by atoms with Gasteiger partial charge in [0.05, 0.1) is 0 Å². The maximum Gasteiger partial charge on any atom is 0.225 e. The van der Waals surface area contributed by atoms with Gasteiger partial charge in [0, 0.05) is 29.1 Å². The average molecular weight is 343 g/mol. The number of hydrogen-bond acceptors (Lipinski definition) is 2. The zero-order valence-electron chi connectivity index (χ0n) is 14.1. The summed E-state index contributed by atoms with van der Waals surface area (Å²) in [5, 5.41) is 3.67. The summed E-state index contributed by atoms with van der Waals surface area (Å²) in [6, 6.07) is 17.7. The molecule has 4 heteroatoms. The lowest BCUT2D eigenvalue weighted by atomic mass is 9.89. The molecule has 1 aliphatic rings. The Morgan fingerprint density at radius 3 is 2.46 bits per heavy atom. The molecule has 2 aromatic carbocycles. The van der Waals surface area contributed by atoms with E-state index in [0.717, 1.165) is 18.7 Å². The summed E-state index contributed by atoms with van der Waals surface area (Å²) in [4.78, 5) is 14.8. The molecule has 0 saturated heterocycles. The number of amides is 1. The van der Waals surface area contributed by atoms with Crippen LogP contribution < -0.4 is 5.32 Å². The minimum Gasteiger partial charge on any atom is -0.326 e. The Morgan fingerprint density at radius 1 is 1.17 bits per heavy atom. The standard InChI is InChI=1S/C20H23ClN2O/c1-23(2)14-16-12-20(16,15-6-4-3-5-7-15)13-19(24)22-18-10-8-17(21)9-11-18/h3-11,16H,12-14H2,1-2H3,(H,22,24). The Bertz CT molecular complexity index is 699. The predicted molar refractivity (Wildman–Crippen MR) is 99.5 cm³/mol. The first-order valence-electron chi connectivity index (χ1n) is 8.25. The van der Waals surface area contributed by atoms with Crippen LogP contribution in [0.1, 0.15) is 18.4 Å². The van der Waals surface area contributed by atoms with E-state index in [2.05, 4.69) is 48.6 Å². The summed E-state index contributed by atoms with van der Waals surface area (Å²) in [5.74, 6) is 0.577. The van der Waals surface area contributed by atoms with Gasteiger partial charge in [-0.25, -0.2) is 0 Å². The molecule has 2 aromatic rings. The highest BCUT2D eigenvalue weighted by Gasteiger charge is 2.55. The highest BCUT2D eigenvalue weighted by Crippen LogP contribution is 2.57. The van der Waals surface area contributed by atoms with Crippen molar-refractivity contribution in [3.05, 3.63) is 65.2 Å². The van der Waals surface area contributed by atoms with Gasteiger partial charge in [-0.15, -0.1) is 0 Å². The third kappa shape index (κ3) is 3.80. The van der Waals surface area contributed by atoms with Gasteiger partial charge in [-0.05, 0) is 56.3 Å². The number of anilines is 1. The van der Waals surface area contributed by atoms with Crippen LogP contribution >= 0.6 is 11.6 Å². The van der Waals surface area contributed by atoms with Gasteiger partial charge in [0.25, 0.3) is 0 Å². The quantitative estimate of drug-likeness (QED) is 0.853. The summed E-state index contributed by atoms with van der Waals surface area (Å²) in [6.07, 6.45) is 1.57. The number of rotatable bonds is 6. The van der Waals surface area contributed by atoms with Crippen LogP contribution in [0.2, 0.25) is 5.02 Å². The van der Waals surface area contributed by atoms with Gasteiger partial charge >= 0.3 is 0 Å². The minimum atomic E-state index is -0.0396. The van der Waals surface area contributed by atoms with Crippen LogP contribution in [0.4, 0.5) is 5.69 Å². The predicted octanol–water partition coefficient (Wildman–Crippen LogP) is 4.19. The Hall–Kier alpha value is -1.84. The van der Waals surface area contributed by atoms with Gasteiger partial charge in [-0.2, -0.15) is 0 Å². The zero-order valence-corrected chi connectivity index (χ0v) is 14.9. The van der Waals surface area contributed by atoms with Gasteiger partial charge in [-0.1, -0.05) is 41.9 Å². The largest absolute Gasteiger partial charge is 0.326 e. The number of hydrogen-bond donors (Lipinski definition) is 1. The fourth-order valence-corrected chi connectivity index (χ4v) is 3.65. The smallest absolute Gasteiger partial charge is 0.225 e. The summed E-state index contributed by atoms with van der Waals surface area (Å²) in [7, 11) is 4.17. The molecule has 0 aliphatic heterocycles. The molecule has 0 heterocycles. The third-order valence-corrected chi connectivity index (χ3v) is 5.02. The number of carbonyl (C=O) groups is 1. The van der Waals surface area contributed by atoms with E-state index in [1.165, 1.54) is 5.56 Å². The molecule has 24 heavy (non-hydrogen) atoms. The van der Waals surface area contributed by atoms with E-state index in [9.17, 15) is 4.79 Å². The highest BCUT2D eigenvalue weighted by atomic mass is 35.5. The molecule has 0 spiro atoms. The molecule has 3 nitrogen and oxygen atoms in total. The van der Waals surface area contributed by atoms with Crippen LogP contribution in [0.15, 0.2) is 54.6 Å². The Balaban J connectivity index is 1.73. The molecular weight excluding hydrogens is 320 g/mol. The molecule has 3 rings (SSSR count). The van der Waals surface area contributed by atoms with Crippen molar-refractivity contribution in [2.45, 2.75) is 18.3 Å². The topological polar surface area (TPSA) is 32.3 Å². The Morgan fingerprint density at radius 2 is 1.83 bits per heavy atom. The second kappa shape index (κ2) is 6.96. The van der Waals surface area contributed by atoms with E-state index in [-0.39, 0.29) is 11.3 Å². The third-order valence-electron chi connectivity index (χ3n) is 4.77. The average Bonchev–Trinajstić information content (AvgIpc) is 3.23. The first kappa shape index (κ1) is 17.0. The van der Waals surface area contributed by atoms with E-state index in [1.807, 2.05) is 18.2 Å². The monoisotopic (exact) mass is 342 g/mol. The van der Waals surface area contributed by atoms with E-state index >= 15 is 0 Å². The highest BCUT2D eigenvalue weighted by molar-refractivity contribution is 6.30. The van der Waals surface area contributed by atoms with Crippen LogP contribution in [-0.2, 0) is 10.2 Å². The lowest BCUT2D eigenvalue weighted by Gasteiger charge is -2.20. The van der Waals surface area contributed by atoms with Crippen LogP contribution in [0.3, 0.4) is 0 Å². The molecule has 2 atom stereocenters. The van der Waals surface area contributed by atoms with Crippen LogP contribution in [0, 0.1) is 5.92 Å². The lowest BCUT2D eigenvalue weighted by molar-refractivity contribution is -0.116. The second-order valence-electron chi connectivity index (χ2n) is 6.92. The van der Waals surface area contributed by atoms with E-state index in [0.29, 0.717) is 17.4 Å². The van der Waals surface area contributed by atoms with Crippen molar-refractivity contribution in [3.8, 4) is 0 Å². The number of halogens is 1. The normalized spacial score (nSPS) is 22.4. The number of benzene rings is 2. The van der Waals surface area contributed by atoms with Gasteiger partial charge in [0.1, 0.15) is 0 Å². The van der Waals surface area contributed by atoms with Gasteiger partial charge in [-0.3, -0.25) is 4.79 Å². The van der Waals surface area contributed by atoms with Crippen LogP contribution in [0.25, 0.3) is 0 Å². The van der Waals surface area contributed by atoms with Crippen LogP contribution in [-0.4, -0.2) is 31.4 Å². The van der Waals surface area contributed by atoms with Crippen molar-refractivity contribution < 1.29 is 4.79 Å². The molecule has 1 aliphatic carbocycles. The molecule has 1 saturated carbocycles. The zero-order chi connectivity index (χ0) is 17.2. The summed E-state index contributed by atoms with van der Waals surface area (Å²) < 4.78 is 0. The lowest BCUT2D eigenvalue weighted by Crippen LogP contribution is -2.25. The summed E-state index contributed by atoms with van der Waals surface area (Å²) >= 11 is 5.89. The maximum atomic E-state index is 12.6. The molecule has 0 aromatic heterocycles. The van der Waals surface area contributed by atoms with Gasteiger partial charge in [0.2, 0.25) is 5.91 Å². The summed E-state index contributed by atoms with van der Waals surface area (Å²) in [5.41, 5.74) is 2.02. The van der Waals surface area contributed by atoms with Crippen molar-refractivity contribution in [3.63, 3.8) is 0 Å². The van der Waals surface area contributed by atoms with Crippen molar-refractivity contribution in [1.82, 2.24) is 4.90 Å². The van der Waals surface area contributed by atoms with E-state index in [1.54, 1.807) is 12.1 Å². The maximum absolute atomic E-state index is 12.6. The first-order valence-corrected chi connectivity index (χ1v) is 8.63. The van der Waals surface area contributed by atoms with Crippen molar-refractivity contribution >= 4 is 23.2 Å². The minimum absolute atomic E-state index is 0.0396. The molecule has 1 N–H and O–H groups in total. The van der Waals surface area contributed by atoms with Crippen molar-refractivity contribution in [2.24, 2.45) is 5.92 Å². The van der Waals surface area contributed by atoms with Crippen molar-refractivity contribution in [2.75, 3.05) is 26.0 Å². The summed E-state index contributed by atoms with van der Waals surface area (Å²) in [6.45, 7) is 1.00. The fourth-order valence-electron chi connectivity index (χ4n) is 3.53. The first-order chi connectivity index (χ1) is 11.5. The SMILES string of the molecule is CN(C)CC1CC1(CC(=O)Nc1ccc(Cl)cc1)c1ccccc1. The number of nitrogens with one attached hydrogen (secondary N) is 1.